The fourth-order valence-corrected chi connectivity index (χ4v) is 9.78. The van der Waals surface area contributed by atoms with Crippen molar-refractivity contribution < 1.29 is 0 Å². The number of aryl methyl sites for hydroxylation is 1. The standard InChI is InChI=1S/C55H40N2/c1-37-38(2)56(41-15-5-3-6-16-41)54-34-29-40(35-49(37)54)26-25-39-27-30-43(31-28-39)57(42-17-7-4-8-18-42)44-32-33-48-47-21-11-14-24-52(47)55(53(48)36-44)50-22-12-9-19-45(50)46-20-10-13-23-51(46)55/h3-36H,1-2H3. The first-order chi connectivity index (χ1) is 28.1. The molecule has 1 aromatic heterocycles. The molecule has 2 aliphatic rings. The van der Waals surface area contributed by atoms with Crippen molar-refractivity contribution in [2.24, 2.45) is 0 Å². The van der Waals surface area contributed by atoms with Gasteiger partial charge in [-0.1, -0.05) is 146 Å². The maximum Gasteiger partial charge on any atom is 0.0726 e. The molecule has 270 valence electrons. The molecule has 0 saturated heterocycles. The Hall–Kier alpha value is -7.16. The number of aromatic nitrogens is 1. The van der Waals surface area contributed by atoms with Crippen molar-refractivity contribution in [2.45, 2.75) is 19.3 Å². The van der Waals surface area contributed by atoms with Gasteiger partial charge in [0.15, 0.2) is 0 Å². The molecule has 0 saturated carbocycles. The van der Waals surface area contributed by atoms with E-state index in [1.54, 1.807) is 0 Å². The van der Waals surface area contributed by atoms with E-state index in [1.165, 1.54) is 77.9 Å². The Balaban J connectivity index is 0.986. The van der Waals surface area contributed by atoms with Crippen LogP contribution in [0.2, 0.25) is 0 Å². The molecule has 0 N–H and O–H groups in total. The number of hydrogen-bond acceptors (Lipinski definition) is 1. The van der Waals surface area contributed by atoms with Gasteiger partial charge < -0.3 is 9.47 Å². The van der Waals surface area contributed by atoms with Crippen LogP contribution in [0.4, 0.5) is 17.1 Å². The fourth-order valence-electron chi connectivity index (χ4n) is 9.78. The molecule has 11 rings (SSSR count). The number of benzene rings is 8. The molecule has 1 spiro atoms. The van der Waals surface area contributed by atoms with Crippen LogP contribution in [0.5, 0.6) is 0 Å². The van der Waals surface area contributed by atoms with Gasteiger partial charge in [-0.15, -0.1) is 0 Å². The second-order valence-electron chi connectivity index (χ2n) is 15.4. The SMILES string of the molecule is Cc1c(C)n(-c2ccccc2)c2ccc(C=Cc3ccc(N(c4ccccc4)c4ccc5c(c4)C4(c6ccccc6-c6ccccc64)c4ccccc4-5)cc3)cc12. The summed E-state index contributed by atoms with van der Waals surface area (Å²) < 4.78 is 2.36. The van der Waals surface area contributed by atoms with Crippen molar-refractivity contribution in [1.82, 2.24) is 4.57 Å². The van der Waals surface area contributed by atoms with Crippen LogP contribution in [-0.4, -0.2) is 4.57 Å². The van der Waals surface area contributed by atoms with E-state index in [2.05, 4.69) is 230 Å². The van der Waals surface area contributed by atoms with E-state index >= 15 is 0 Å². The smallest absolute Gasteiger partial charge is 0.0726 e. The lowest BCUT2D eigenvalue weighted by Gasteiger charge is -2.32. The Morgan fingerprint density at radius 3 is 1.54 bits per heavy atom. The zero-order valence-corrected chi connectivity index (χ0v) is 32.0. The summed E-state index contributed by atoms with van der Waals surface area (Å²) in [5, 5.41) is 1.29. The molecule has 0 atom stereocenters. The van der Waals surface area contributed by atoms with Crippen LogP contribution < -0.4 is 4.90 Å². The largest absolute Gasteiger partial charge is 0.314 e. The number of para-hydroxylation sites is 2. The maximum absolute atomic E-state index is 2.46. The molecule has 0 unspecified atom stereocenters. The molecule has 0 fully saturated rings. The Labute approximate surface area is 334 Å². The van der Waals surface area contributed by atoms with Gasteiger partial charge in [-0.3, -0.25) is 0 Å². The monoisotopic (exact) mass is 728 g/mol. The quantitative estimate of drug-likeness (QED) is 0.155. The first kappa shape index (κ1) is 33.2. The van der Waals surface area contributed by atoms with Gasteiger partial charge in [-0.05, 0) is 136 Å². The number of anilines is 3. The molecule has 0 bridgehead atoms. The molecule has 8 aromatic carbocycles. The molecule has 1 heterocycles. The third-order valence-corrected chi connectivity index (χ3v) is 12.4. The van der Waals surface area contributed by atoms with E-state index in [1.807, 2.05) is 0 Å². The van der Waals surface area contributed by atoms with Crippen LogP contribution in [0.25, 0.3) is 51.0 Å². The molecular weight excluding hydrogens is 689 g/mol. The minimum Gasteiger partial charge on any atom is -0.314 e. The van der Waals surface area contributed by atoms with Crippen molar-refractivity contribution in [2.75, 3.05) is 4.90 Å². The van der Waals surface area contributed by atoms with Crippen molar-refractivity contribution in [3.63, 3.8) is 0 Å². The minimum absolute atomic E-state index is 0.392. The van der Waals surface area contributed by atoms with E-state index in [0.29, 0.717) is 0 Å². The average Bonchev–Trinajstić information content (AvgIpc) is 3.84. The van der Waals surface area contributed by atoms with Gasteiger partial charge in [-0.2, -0.15) is 0 Å². The Morgan fingerprint density at radius 2 is 0.912 bits per heavy atom. The Kier molecular flexibility index (Phi) is 7.55. The summed E-state index contributed by atoms with van der Waals surface area (Å²) in [5.74, 6) is 0. The van der Waals surface area contributed by atoms with Crippen molar-refractivity contribution in [3.8, 4) is 27.9 Å². The number of nitrogens with zero attached hydrogens (tertiary/aromatic N) is 2. The molecule has 2 aliphatic carbocycles. The van der Waals surface area contributed by atoms with Crippen LogP contribution in [0.1, 0.15) is 44.6 Å². The van der Waals surface area contributed by atoms with Crippen LogP contribution in [0, 0.1) is 13.8 Å². The fraction of sp³-hybridized carbons (Fsp3) is 0.0545. The molecule has 57 heavy (non-hydrogen) atoms. The predicted molar refractivity (Wildman–Crippen MR) is 239 cm³/mol. The summed E-state index contributed by atoms with van der Waals surface area (Å²) in [7, 11) is 0. The topological polar surface area (TPSA) is 8.17 Å². The second-order valence-corrected chi connectivity index (χ2v) is 15.4. The highest BCUT2D eigenvalue weighted by Gasteiger charge is 2.51. The third kappa shape index (κ3) is 4.97. The molecule has 0 amide bonds. The highest BCUT2D eigenvalue weighted by atomic mass is 15.1. The Morgan fingerprint density at radius 1 is 0.421 bits per heavy atom. The summed E-state index contributed by atoms with van der Waals surface area (Å²) in [6, 6.07) is 71.3. The lowest BCUT2D eigenvalue weighted by molar-refractivity contribution is 0.793. The van der Waals surface area contributed by atoms with Crippen molar-refractivity contribution >= 4 is 40.1 Å². The van der Waals surface area contributed by atoms with E-state index in [4.69, 9.17) is 0 Å². The molecule has 2 heteroatoms. The normalized spacial score (nSPS) is 13.2. The van der Waals surface area contributed by atoms with Gasteiger partial charge in [-0.25, -0.2) is 0 Å². The number of rotatable bonds is 6. The van der Waals surface area contributed by atoms with Gasteiger partial charge in [0.2, 0.25) is 0 Å². The van der Waals surface area contributed by atoms with E-state index in [9.17, 15) is 0 Å². The van der Waals surface area contributed by atoms with Crippen molar-refractivity contribution in [3.05, 3.63) is 239 Å². The molecular formula is C55H40N2. The van der Waals surface area contributed by atoms with Gasteiger partial charge in [0, 0.05) is 33.8 Å². The summed E-state index contributed by atoms with van der Waals surface area (Å²) in [4.78, 5) is 2.40. The van der Waals surface area contributed by atoms with Gasteiger partial charge in [0.05, 0.1) is 10.9 Å². The van der Waals surface area contributed by atoms with Crippen molar-refractivity contribution in [1.29, 1.82) is 0 Å². The van der Waals surface area contributed by atoms with E-state index in [0.717, 1.165) is 22.6 Å². The van der Waals surface area contributed by atoms with Crippen LogP contribution >= 0.6 is 0 Å². The van der Waals surface area contributed by atoms with Crippen LogP contribution in [-0.2, 0) is 5.41 Å². The molecule has 2 nitrogen and oxygen atoms in total. The first-order valence-corrected chi connectivity index (χ1v) is 19.9. The van der Waals surface area contributed by atoms with Crippen LogP contribution in [0.3, 0.4) is 0 Å². The highest BCUT2D eigenvalue weighted by molar-refractivity contribution is 5.96. The molecule has 0 aliphatic heterocycles. The molecule has 9 aromatic rings. The Bertz CT molecular complexity index is 2960. The predicted octanol–water partition coefficient (Wildman–Crippen LogP) is 14.2. The van der Waals surface area contributed by atoms with Gasteiger partial charge in [0.1, 0.15) is 0 Å². The molecule has 0 radical (unpaired) electrons. The third-order valence-electron chi connectivity index (χ3n) is 12.4. The second kappa shape index (κ2) is 13.0. The van der Waals surface area contributed by atoms with Gasteiger partial charge in [0.25, 0.3) is 0 Å². The summed E-state index contributed by atoms with van der Waals surface area (Å²) in [5.41, 5.74) is 21.0. The lowest BCUT2D eigenvalue weighted by atomic mass is 9.70. The minimum atomic E-state index is -0.392. The summed E-state index contributed by atoms with van der Waals surface area (Å²) in [6.45, 7) is 4.44. The maximum atomic E-state index is 2.46. The summed E-state index contributed by atoms with van der Waals surface area (Å²) >= 11 is 0. The lowest BCUT2D eigenvalue weighted by Crippen LogP contribution is -2.26. The van der Waals surface area contributed by atoms with E-state index < -0.39 is 5.41 Å². The summed E-state index contributed by atoms with van der Waals surface area (Å²) in [6.07, 6.45) is 4.45. The average molecular weight is 729 g/mol. The highest BCUT2D eigenvalue weighted by Crippen LogP contribution is 2.63. The zero-order valence-electron chi connectivity index (χ0n) is 32.0. The zero-order chi connectivity index (χ0) is 38.1. The van der Waals surface area contributed by atoms with Crippen LogP contribution in [0.15, 0.2) is 194 Å². The number of hydrogen-bond donors (Lipinski definition) is 0. The first-order valence-electron chi connectivity index (χ1n) is 19.9. The number of fused-ring (bicyclic) bond motifs is 11. The van der Waals surface area contributed by atoms with Gasteiger partial charge >= 0.3 is 0 Å². The van der Waals surface area contributed by atoms with E-state index in [-0.39, 0.29) is 0 Å².